The van der Waals surface area contributed by atoms with Crippen molar-refractivity contribution < 1.29 is 9.53 Å². The maximum Gasteiger partial charge on any atom is 0.306 e. The largest absolute Gasteiger partial charge is 0.466 e. The van der Waals surface area contributed by atoms with Gasteiger partial charge in [0.25, 0.3) is 0 Å². The maximum absolute atomic E-state index is 11.3. The Bertz CT molecular complexity index is 315. The summed E-state index contributed by atoms with van der Waals surface area (Å²) in [7, 11) is 0. The predicted octanol–water partition coefficient (Wildman–Crippen LogP) is 3.32. The van der Waals surface area contributed by atoms with Gasteiger partial charge in [-0.1, -0.05) is 25.5 Å². The Kier molecular flexibility index (Phi) is 3.09. The molecule has 2 atom stereocenters. The average molecular weight is 222 g/mol. The van der Waals surface area contributed by atoms with Gasteiger partial charge in [0.1, 0.15) is 0 Å². The number of allylic oxidation sites excluding steroid dienone is 2. The highest BCUT2D eigenvalue weighted by atomic mass is 16.5. The quantitative estimate of drug-likeness (QED) is 0.539. The van der Waals surface area contributed by atoms with E-state index in [2.05, 4.69) is 19.9 Å². The Morgan fingerprint density at radius 1 is 1.56 bits per heavy atom. The lowest BCUT2D eigenvalue weighted by Gasteiger charge is -2.55. The monoisotopic (exact) mass is 222 g/mol. The van der Waals surface area contributed by atoms with Gasteiger partial charge in [-0.05, 0) is 43.4 Å². The highest BCUT2D eigenvalue weighted by Gasteiger charge is 2.49. The summed E-state index contributed by atoms with van der Waals surface area (Å²) in [6, 6.07) is 0. The van der Waals surface area contributed by atoms with Crippen molar-refractivity contribution in [3.63, 3.8) is 0 Å². The molecule has 0 aromatic rings. The van der Waals surface area contributed by atoms with Gasteiger partial charge in [-0.25, -0.2) is 0 Å². The van der Waals surface area contributed by atoms with Crippen molar-refractivity contribution >= 4 is 5.97 Å². The van der Waals surface area contributed by atoms with Crippen molar-refractivity contribution in [2.24, 2.45) is 17.3 Å². The van der Waals surface area contributed by atoms with Crippen LogP contribution in [-0.2, 0) is 9.53 Å². The third-order valence-corrected chi connectivity index (χ3v) is 4.45. The zero-order valence-electron chi connectivity index (χ0n) is 10.6. The zero-order valence-corrected chi connectivity index (χ0v) is 10.6. The first-order valence-electron chi connectivity index (χ1n) is 6.39. The van der Waals surface area contributed by atoms with Crippen LogP contribution in [0.1, 0.15) is 46.5 Å². The van der Waals surface area contributed by atoms with Crippen molar-refractivity contribution in [2.75, 3.05) is 6.61 Å². The first-order valence-corrected chi connectivity index (χ1v) is 6.39. The van der Waals surface area contributed by atoms with Crippen LogP contribution in [0.4, 0.5) is 0 Å². The second-order valence-corrected chi connectivity index (χ2v) is 5.69. The number of carbonyl (C=O) groups is 1. The van der Waals surface area contributed by atoms with E-state index in [1.807, 2.05) is 6.92 Å². The molecule has 0 amide bonds. The molecule has 1 saturated carbocycles. The molecule has 0 aromatic heterocycles. The highest BCUT2D eigenvalue weighted by Crippen LogP contribution is 2.58. The number of rotatable bonds is 4. The number of esters is 1. The van der Waals surface area contributed by atoms with Crippen molar-refractivity contribution in [1.29, 1.82) is 0 Å². The highest BCUT2D eigenvalue weighted by molar-refractivity contribution is 5.69. The molecular formula is C14H22O2. The van der Waals surface area contributed by atoms with Crippen LogP contribution in [0.3, 0.4) is 0 Å². The fraction of sp³-hybridized carbons (Fsp3) is 0.786. The molecule has 0 radical (unpaired) electrons. The van der Waals surface area contributed by atoms with E-state index < -0.39 is 0 Å². The molecule has 2 heteroatoms. The average Bonchev–Trinajstić information content (AvgIpc) is 2.27. The number of hydrogen-bond donors (Lipinski definition) is 0. The molecule has 0 aromatic carbocycles. The Balaban J connectivity index is 1.83. The van der Waals surface area contributed by atoms with E-state index in [1.54, 1.807) is 0 Å². The van der Waals surface area contributed by atoms with Crippen LogP contribution in [0.15, 0.2) is 11.6 Å². The van der Waals surface area contributed by atoms with Gasteiger partial charge in [-0.15, -0.1) is 0 Å². The number of ether oxygens (including phenoxy) is 1. The lowest BCUT2D eigenvalue weighted by atomic mass is 9.50. The third-order valence-electron chi connectivity index (χ3n) is 4.45. The molecule has 90 valence electrons. The van der Waals surface area contributed by atoms with E-state index in [-0.39, 0.29) is 5.97 Å². The molecule has 0 spiro atoms. The summed E-state index contributed by atoms with van der Waals surface area (Å²) in [6.07, 6.45) is 6.43. The number of carbonyl (C=O) groups excluding carboxylic acids is 1. The molecule has 3 rings (SSSR count). The van der Waals surface area contributed by atoms with Crippen molar-refractivity contribution in [3.8, 4) is 0 Å². The first-order chi connectivity index (χ1) is 7.54. The maximum atomic E-state index is 11.3. The lowest BCUT2D eigenvalue weighted by molar-refractivity contribution is -0.143. The summed E-state index contributed by atoms with van der Waals surface area (Å²) in [4.78, 5) is 11.3. The first kappa shape index (κ1) is 11.7. The third kappa shape index (κ3) is 2.02. The Morgan fingerprint density at radius 3 is 2.81 bits per heavy atom. The van der Waals surface area contributed by atoms with E-state index in [4.69, 9.17) is 4.74 Å². The van der Waals surface area contributed by atoms with Gasteiger partial charge >= 0.3 is 5.97 Å². The minimum Gasteiger partial charge on any atom is -0.466 e. The molecule has 0 saturated heterocycles. The van der Waals surface area contributed by atoms with E-state index in [9.17, 15) is 4.79 Å². The van der Waals surface area contributed by atoms with Crippen LogP contribution in [0.25, 0.3) is 0 Å². The minimum atomic E-state index is -0.0538. The standard InChI is InChI=1S/C14H22O2/c1-4-16-13(15)6-5-10-7-11-9-12(8-10)14(11,2)3/h7,11-12H,4-6,8-9H2,1-3H3/t11-,12+/m0/s1. The molecule has 16 heavy (non-hydrogen) atoms. The van der Waals surface area contributed by atoms with Gasteiger partial charge in [-0.2, -0.15) is 0 Å². The molecule has 2 nitrogen and oxygen atoms in total. The van der Waals surface area contributed by atoms with E-state index in [0.29, 0.717) is 18.4 Å². The SMILES string of the molecule is CCOC(=O)CCC1=C[C@H]2C[C@@H](C1)C2(C)C. The molecule has 0 aliphatic heterocycles. The number of fused-ring (bicyclic) bond motifs is 1. The van der Waals surface area contributed by atoms with Crippen molar-refractivity contribution in [2.45, 2.75) is 46.5 Å². The van der Waals surface area contributed by atoms with Crippen LogP contribution in [0.2, 0.25) is 0 Å². The van der Waals surface area contributed by atoms with Gasteiger partial charge in [0, 0.05) is 6.42 Å². The molecule has 1 fully saturated rings. The molecule has 3 aliphatic rings. The van der Waals surface area contributed by atoms with Gasteiger partial charge in [0.2, 0.25) is 0 Å². The zero-order chi connectivity index (χ0) is 11.8. The van der Waals surface area contributed by atoms with Crippen LogP contribution in [0.5, 0.6) is 0 Å². The van der Waals surface area contributed by atoms with E-state index in [1.165, 1.54) is 18.4 Å². The summed E-state index contributed by atoms with van der Waals surface area (Å²) in [6.45, 7) is 7.08. The lowest BCUT2D eigenvalue weighted by Crippen LogP contribution is -2.46. The Morgan fingerprint density at radius 2 is 2.31 bits per heavy atom. The van der Waals surface area contributed by atoms with Crippen LogP contribution in [-0.4, -0.2) is 12.6 Å². The molecule has 0 N–H and O–H groups in total. The van der Waals surface area contributed by atoms with Gasteiger partial charge in [0.05, 0.1) is 6.61 Å². The fourth-order valence-corrected chi connectivity index (χ4v) is 3.04. The normalized spacial score (nSPS) is 30.3. The van der Waals surface area contributed by atoms with E-state index in [0.717, 1.165) is 18.3 Å². The second kappa shape index (κ2) is 4.23. The Labute approximate surface area is 98.1 Å². The summed E-state index contributed by atoms with van der Waals surface area (Å²) in [5, 5.41) is 0. The molecule has 0 heterocycles. The van der Waals surface area contributed by atoms with Gasteiger partial charge in [-0.3, -0.25) is 4.79 Å². The van der Waals surface area contributed by atoms with Crippen molar-refractivity contribution in [1.82, 2.24) is 0 Å². The molecular weight excluding hydrogens is 200 g/mol. The summed E-state index contributed by atoms with van der Waals surface area (Å²) >= 11 is 0. The van der Waals surface area contributed by atoms with Crippen LogP contribution in [0, 0.1) is 17.3 Å². The minimum absolute atomic E-state index is 0.0538. The summed E-state index contributed by atoms with van der Waals surface area (Å²) < 4.78 is 4.95. The Hall–Kier alpha value is -0.790. The smallest absolute Gasteiger partial charge is 0.306 e. The van der Waals surface area contributed by atoms with Crippen LogP contribution >= 0.6 is 0 Å². The van der Waals surface area contributed by atoms with Crippen LogP contribution < -0.4 is 0 Å². The fourth-order valence-electron chi connectivity index (χ4n) is 3.04. The second-order valence-electron chi connectivity index (χ2n) is 5.69. The van der Waals surface area contributed by atoms with E-state index >= 15 is 0 Å². The summed E-state index contributed by atoms with van der Waals surface area (Å²) in [5.74, 6) is 1.55. The predicted molar refractivity (Wildman–Crippen MR) is 63.9 cm³/mol. The number of hydrogen-bond acceptors (Lipinski definition) is 2. The molecule has 0 unspecified atom stereocenters. The summed E-state index contributed by atoms with van der Waals surface area (Å²) in [5.41, 5.74) is 1.99. The molecule has 2 bridgehead atoms. The topological polar surface area (TPSA) is 26.3 Å². The van der Waals surface area contributed by atoms with Gasteiger partial charge in [0.15, 0.2) is 0 Å². The molecule has 3 aliphatic carbocycles. The van der Waals surface area contributed by atoms with Crippen molar-refractivity contribution in [3.05, 3.63) is 11.6 Å². The van der Waals surface area contributed by atoms with Gasteiger partial charge < -0.3 is 4.74 Å².